The van der Waals surface area contributed by atoms with Crippen molar-refractivity contribution in [3.05, 3.63) is 28.6 Å². The number of thiazole rings is 1. The van der Waals surface area contributed by atoms with E-state index in [1.165, 1.54) is 5.56 Å². The predicted molar refractivity (Wildman–Crippen MR) is 86.5 cm³/mol. The molecule has 0 saturated heterocycles. The van der Waals surface area contributed by atoms with Gasteiger partial charge in [-0.3, -0.25) is 4.79 Å². The van der Waals surface area contributed by atoms with Gasteiger partial charge in [0.2, 0.25) is 0 Å². The minimum absolute atomic E-state index is 0.0793. The van der Waals surface area contributed by atoms with Crippen LogP contribution in [0.2, 0.25) is 0 Å². The molecule has 1 aromatic carbocycles. The van der Waals surface area contributed by atoms with E-state index in [0.29, 0.717) is 19.8 Å². The van der Waals surface area contributed by atoms with Gasteiger partial charge in [0.1, 0.15) is 0 Å². The van der Waals surface area contributed by atoms with Gasteiger partial charge in [-0.25, -0.2) is 0 Å². The molecule has 0 unspecified atom stereocenters. The molecule has 0 aliphatic carbocycles. The molecule has 0 spiro atoms. The monoisotopic (exact) mass is 306 g/mol. The van der Waals surface area contributed by atoms with E-state index >= 15 is 0 Å². The second-order valence-corrected chi connectivity index (χ2v) is 6.27. The van der Waals surface area contributed by atoms with E-state index in [4.69, 9.17) is 4.74 Å². The fourth-order valence-electron chi connectivity index (χ4n) is 2.12. The maximum Gasteiger partial charge on any atom is 0.250 e. The molecule has 1 amide bonds. The smallest absolute Gasteiger partial charge is 0.250 e. The Hall–Kier alpha value is -1.46. The summed E-state index contributed by atoms with van der Waals surface area (Å²) in [5.74, 6) is -0.166. The van der Waals surface area contributed by atoms with Gasteiger partial charge in [0.25, 0.3) is 5.91 Å². The molecule has 4 nitrogen and oxygen atoms in total. The van der Waals surface area contributed by atoms with Crippen molar-refractivity contribution in [3.8, 4) is 0 Å². The first-order chi connectivity index (χ1) is 10.0. The van der Waals surface area contributed by atoms with Gasteiger partial charge in [-0.1, -0.05) is 37.3 Å². The van der Waals surface area contributed by atoms with Crippen molar-refractivity contribution in [1.82, 2.24) is 4.57 Å². The summed E-state index contributed by atoms with van der Waals surface area (Å²) in [4.78, 5) is 17.0. The maximum absolute atomic E-state index is 12.0. The molecule has 2 rings (SSSR count). The van der Waals surface area contributed by atoms with Crippen LogP contribution in [0.25, 0.3) is 10.2 Å². The SMILES string of the molecule is CCOCCn1c(=NC(=O)C(C)C)sc2cccc(C)c21. The summed E-state index contributed by atoms with van der Waals surface area (Å²) in [5, 5.41) is 0. The number of hydrogen-bond donors (Lipinski definition) is 0. The van der Waals surface area contributed by atoms with Crippen LogP contribution in [-0.4, -0.2) is 23.7 Å². The lowest BCUT2D eigenvalue weighted by molar-refractivity contribution is -0.120. The summed E-state index contributed by atoms with van der Waals surface area (Å²) >= 11 is 1.56. The van der Waals surface area contributed by atoms with E-state index < -0.39 is 0 Å². The zero-order valence-corrected chi connectivity index (χ0v) is 13.9. The van der Waals surface area contributed by atoms with Crippen molar-refractivity contribution in [2.75, 3.05) is 13.2 Å². The van der Waals surface area contributed by atoms with Crippen LogP contribution in [-0.2, 0) is 16.1 Å². The Balaban J connectivity index is 2.55. The highest BCUT2D eigenvalue weighted by Gasteiger charge is 2.11. The number of aryl methyl sites for hydroxylation is 1. The minimum atomic E-state index is -0.0864. The lowest BCUT2D eigenvalue weighted by Gasteiger charge is -2.07. The van der Waals surface area contributed by atoms with Gasteiger partial charge in [0.15, 0.2) is 4.80 Å². The molecule has 1 aromatic heterocycles. The molecule has 0 fully saturated rings. The number of fused-ring (bicyclic) bond motifs is 1. The number of aromatic nitrogens is 1. The van der Waals surface area contributed by atoms with Crippen LogP contribution in [0.4, 0.5) is 0 Å². The van der Waals surface area contributed by atoms with Crippen molar-refractivity contribution in [3.63, 3.8) is 0 Å². The number of hydrogen-bond acceptors (Lipinski definition) is 3. The van der Waals surface area contributed by atoms with E-state index in [2.05, 4.69) is 28.6 Å². The third-order valence-electron chi connectivity index (χ3n) is 3.27. The van der Waals surface area contributed by atoms with Crippen molar-refractivity contribution < 1.29 is 9.53 Å². The highest BCUT2D eigenvalue weighted by atomic mass is 32.1. The number of nitrogens with zero attached hydrogens (tertiary/aromatic N) is 2. The van der Waals surface area contributed by atoms with Gasteiger partial charge in [-0.05, 0) is 25.5 Å². The van der Waals surface area contributed by atoms with Crippen LogP contribution in [0.15, 0.2) is 23.2 Å². The van der Waals surface area contributed by atoms with Crippen LogP contribution in [0.1, 0.15) is 26.3 Å². The largest absolute Gasteiger partial charge is 0.380 e. The van der Waals surface area contributed by atoms with Crippen LogP contribution in [0.3, 0.4) is 0 Å². The second-order valence-electron chi connectivity index (χ2n) is 5.26. The average Bonchev–Trinajstić information content (AvgIpc) is 2.78. The van der Waals surface area contributed by atoms with Crippen molar-refractivity contribution in [2.45, 2.75) is 34.2 Å². The Morgan fingerprint density at radius 1 is 1.43 bits per heavy atom. The zero-order chi connectivity index (χ0) is 15.4. The number of carbonyl (C=O) groups is 1. The molecule has 0 saturated carbocycles. The van der Waals surface area contributed by atoms with Crippen molar-refractivity contribution >= 4 is 27.5 Å². The number of amides is 1. The number of benzene rings is 1. The van der Waals surface area contributed by atoms with Crippen LogP contribution in [0.5, 0.6) is 0 Å². The normalized spacial score (nSPS) is 12.5. The third-order valence-corrected chi connectivity index (χ3v) is 4.31. The average molecular weight is 306 g/mol. The lowest BCUT2D eigenvalue weighted by Crippen LogP contribution is -2.21. The zero-order valence-electron chi connectivity index (χ0n) is 13.0. The summed E-state index contributed by atoms with van der Waals surface area (Å²) in [6.07, 6.45) is 0. The molecule has 5 heteroatoms. The Kier molecular flexibility index (Phi) is 5.31. The summed E-state index contributed by atoms with van der Waals surface area (Å²) in [6.45, 7) is 9.83. The Morgan fingerprint density at radius 3 is 2.86 bits per heavy atom. The molecular formula is C16H22N2O2S. The molecule has 0 bridgehead atoms. The summed E-state index contributed by atoms with van der Waals surface area (Å²) in [7, 11) is 0. The molecule has 0 aliphatic heterocycles. The number of para-hydroxylation sites is 1. The lowest BCUT2D eigenvalue weighted by atomic mass is 10.2. The quantitative estimate of drug-likeness (QED) is 0.797. The minimum Gasteiger partial charge on any atom is -0.380 e. The van der Waals surface area contributed by atoms with Gasteiger partial charge >= 0.3 is 0 Å². The fraction of sp³-hybridized carbons (Fsp3) is 0.500. The Morgan fingerprint density at radius 2 is 2.19 bits per heavy atom. The van der Waals surface area contributed by atoms with Crippen molar-refractivity contribution in [2.24, 2.45) is 10.9 Å². The van der Waals surface area contributed by atoms with Gasteiger partial charge in [-0.15, -0.1) is 0 Å². The number of rotatable bonds is 5. The summed E-state index contributed by atoms with van der Waals surface area (Å²) in [5.41, 5.74) is 2.34. The molecule has 0 aliphatic rings. The highest BCUT2D eigenvalue weighted by Crippen LogP contribution is 2.21. The van der Waals surface area contributed by atoms with E-state index in [9.17, 15) is 4.79 Å². The van der Waals surface area contributed by atoms with Crippen LogP contribution < -0.4 is 4.80 Å². The number of ether oxygens (including phenoxy) is 1. The molecule has 2 aromatic rings. The van der Waals surface area contributed by atoms with Crippen LogP contribution in [0, 0.1) is 12.8 Å². The molecular weight excluding hydrogens is 284 g/mol. The summed E-state index contributed by atoms with van der Waals surface area (Å²) < 4.78 is 8.72. The third kappa shape index (κ3) is 3.60. The Labute approximate surface area is 129 Å². The molecule has 0 atom stereocenters. The first kappa shape index (κ1) is 15.9. The first-order valence-corrected chi connectivity index (χ1v) is 8.11. The Bertz CT molecular complexity index is 698. The highest BCUT2D eigenvalue weighted by molar-refractivity contribution is 7.16. The van der Waals surface area contributed by atoms with E-state index in [-0.39, 0.29) is 11.8 Å². The van der Waals surface area contributed by atoms with E-state index in [1.807, 2.05) is 26.8 Å². The molecule has 114 valence electrons. The number of carbonyl (C=O) groups excluding carboxylic acids is 1. The van der Waals surface area contributed by atoms with Gasteiger partial charge in [-0.2, -0.15) is 4.99 Å². The molecule has 21 heavy (non-hydrogen) atoms. The first-order valence-electron chi connectivity index (χ1n) is 7.29. The van der Waals surface area contributed by atoms with Crippen LogP contribution >= 0.6 is 11.3 Å². The molecule has 1 heterocycles. The predicted octanol–water partition coefficient (Wildman–Crippen LogP) is 3.13. The molecule has 0 radical (unpaired) electrons. The van der Waals surface area contributed by atoms with Gasteiger partial charge in [0, 0.05) is 19.1 Å². The van der Waals surface area contributed by atoms with Crippen molar-refractivity contribution in [1.29, 1.82) is 0 Å². The van der Waals surface area contributed by atoms with E-state index in [1.54, 1.807) is 11.3 Å². The molecule has 0 N–H and O–H groups in total. The second kappa shape index (κ2) is 7.00. The fourth-order valence-corrected chi connectivity index (χ4v) is 3.26. The van der Waals surface area contributed by atoms with Gasteiger partial charge < -0.3 is 9.30 Å². The maximum atomic E-state index is 12.0. The standard InChI is InChI=1S/C16H22N2O2S/c1-5-20-10-9-18-14-12(4)7-6-8-13(14)21-16(18)17-15(19)11(2)3/h6-8,11H,5,9-10H2,1-4H3. The summed E-state index contributed by atoms with van der Waals surface area (Å²) in [6, 6.07) is 6.19. The topological polar surface area (TPSA) is 43.6 Å². The van der Waals surface area contributed by atoms with E-state index in [0.717, 1.165) is 15.0 Å². The van der Waals surface area contributed by atoms with Gasteiger partial charge in [0.05, 0.1) is 16.8 Å².